The zero-order chi connectivity index (χ0) is 13.0. The second-order valence-electron chi connectivity index (χ2n) is 5.01. The van der Waals surface area contributed by atoms with Gasteiger partial charge in [0.2, 0.25) is 0 Å². The van der Waals surface area contributed by atoms with Crippen LogP contribution in [0.1, 0.15) is 48.5 Å². The summed E-state index contributed by atoms with van der Waals surface area (Å²) in [5.41, 5.74) is 1.45. The van der Waals surface area contributed by atoms with Crippen molar-refractivity contribution in [2.24, 2.45) is 5.92 Å². The molecule has 1 aliphatic carbocycles. The van der Waals surface area contributed by atoms with Gasteiger partial charge in [0.25, 0.3) is 0 Å². The minimum atomic E-state index is -0.418. The Morgan fingerprint density at radius 3 is 2.83 bits per heavy atom. The van der Waals surface area contributed by atoms with Crippen LogP contribution in [0.15, 0.2) is 24.3 Å². The number of carbonyl (C=O) groups excluding carboxylic acids is 1. The molecule has 18 heavy (non-hydrogen) atoms. The van der Waals surface area contributed by atoms with Gasteiger partial charge in [0.1, 0.15) is 6.10 Å². The number of hydrogen-bond donors (Lipinski definition) is 0. The Bertz CT molecular complexity index is 414. The Balaban J connectivity index is 1.87. The van der Waals surface area contributed by atoms with Crippen LogP contribution in [0.5, 0.6) is 0 Å². The van der Waals surface area contributed by atoms with Gasteiger partial charge in [-0.25, -0.2) is 4.79 Å². The summed E-state index contributed by atoms with van der Waals surface area (Å²) in [6.45, 7) is 4.07. The third-order valence-corrected chi connectivity index (χ3v) is 3.33. The normalized spacial score (nSPS) is 20.7. The third-order valence-electron chi connectivity index (χ3n) is 3.33. The number of hydrogen-bond acceptors (Lipinski definition) is 3. The van der Waals surface area contributed by atoms with Crippen molar-refractivity contribution in [1.29, 1.82) is 0 Å². The summed E-state index contributed by atoms with van der Waals surface area (Å²) in [5, 5.41) is 0. The van der Waals surface area contributed by atoms with Crippen LogP contribution in [0.25, 0.3) is 0 Å². The van der Waals surface area contributed by atoms with E-state index in [4.69, 9.17) is 9.78 Å². The van der Waals surface area contributed by atoms with E-state index in [0.717, 1.165) is 30.9 Å². The van der Waals surface area contributed by atoms with Gasteiger partial charge in [0.15, 0.2) is 0 Å². The molecule has 1 aromatic carbocycles. The molecule has 97 valence electrons. The van der Waals surface area contributed by atoms with Crippen molar-refractivity contribution in [2.45, 2.75) is 39.5 Å². The number of rotatable bonds is 3. The van der Waals surface area contributed by atoms with E-state index in [9.17, 15) is 4.79 Å². The fourth-order valence-electron chi connectivity index (χ4n) is 2.26. The van der Waals surface area contributed by atoms with E-state index in [1.165, 1.54) is 6.42 Å². The molecular weight excluding hydrogens is 228 g/mol. The molecule has 3 heteroatoms. The standard InChI is InChI=1S/C15H19O3/c1-11-6-5-8-13(10-11)17-18-15(16)14-9-4-3-7-12(14)2/h3-4,7,9,11H,5-6,8,10H2,1-2H3. The topological polar surface area (TPSA) is 35.5 Å². The summed E-state index contributed by atoms with van der Waals surface area (Å²) >= 11 is 0. The van der Waals surface area contributed by atoms with Crippen LogP contribution < -0.4 is 0 Å². The van der Waals surface area contributed by atoms with Gasteiger partial charge in [0.05, 0.1) is 5.56 Å². The minimum absolute atomic E-state index is 0.418. The minimum Gasteiger partial charge on any atom is -0.292 e. The van der Waals surface area contributed by atoms with E-state index in [0.29, 0.717) is 11.5 Å². The van der Waals surface area contributed by atoms with E-state index < -0.39 is 5.97 Å². The molecule has 1 radical (unpaired) electrons. The maximum atomic E-state index is 11.8. The van der Waals surface area contributed by atoms with E-state index >= 15 is 0 Å². The molecular formula is C15H19O3. The first-order valence-corrected chi connectivity index (χ1v) is 6.46. The largest absolute Gasteiger partial charge is 0.373 e. The van der Waals surface area contributed by atoms with Crippen molar-refractivity contribution >= 4 is 5.97 Å². The molecule has 0 heterocycles. The molecule has 0 amide bonds. The van der Waals surface area contributed by atoms with E-state index in [1.807, 2.05) is 25.1 Å². The zero-order valence-electron chi connectivity index (χ0n) is 10.9. The molecule has 2 rings (SSSR count). The molecule has 3 nitrogen and oxygen atoms in total. The van der Waals surface area contributed by atoms with Crippen molar-refractivity contribution in [1.82, 2.24) is 0 Å². The quantitative estimate of drug-likeness (QED) is 0.601. The first-order valence-electron chi connectivity index (χ1n) is 6.46. The lowest BCUT2D eigenvalue weighted by Gasteiger charge is -2.23. The average Bonchev–Trinajstić information content (AvgIpc) is 2.37. The van der Waals surface area contributed by atoms with Gasteiger partial charge in [-0.05, 0) is 37.3 Å². The lowest BCUT2D eigenvalue weighted by Crippen LogP contribution is -2.17. The van der Waals surface area contributed by atoms with Gasteiger partial charge in [-0.15, -0.1) is 0 Å². The van der Waals surface area contributed by atoms with Crippen molar-refractivity contribution < 1.29 is 14.6 Å². The molecule has 1 aromatic rings. The van der Waals surface area contributed by atoms with Gasteiger partial charge in [-0.3, -0.25) is 4.89 Å². The Kier molecular flexibility index (Phi) is 4.37. The fourth-order valence-corrected chi connectivity index (χ4v) is 2.26. The molecule has 1 unspecified atom stereocenters. The summed E-state index contributed by atoms with van der Waals surface area (Å²) in [6.07, 6.45) is 5.00. The van der Waals surface area contributed by atoms with Gasteiger partial charge in [0, 0.05) is 0 Å². The van der Waals surface area contributed by atoms with Crippen molar-refractivity contribution in [3.8, 4) is 0 Å². The number of benzene rings is 1. The van der Waals surface area contributed by atoms with Crippen molar-refractivity contribution in [2.75, 3.05) is 0 Å². The summed E-state index contributed by atoms with van der Waals surface area (Å²) in [4.78, 5) is 21.9. The Morgan fingerprint density at radius 2 is 2.11 bits per heavy atom. The summed E-state index contributed by atoms with van der Waals surface area (Å²) in [6, 6.07) is 7.34. The van der Waals surface area contributed by atoms with E-state index in [1.54, 1.807) is 6.07 Å². The van der Waals surface area contributed by atoms with Gasteiger partial charge in [-0.2, -0.15) is 4.89 Å². The molecule has 1 atom stereocenters. The first kappa shape index (κ1) is 13.1. The summed E-state index contributed by atoms with van der Waals surface area (Å²) in [5.74, 6) is 0.199. The highest BCUT2D eigenvalue weighted by Crippen LogP contribution is 2.31. The molecule has 0 aliphatic heterocycles. The smallest absolute Gasteiger partial charge is 0.292 e. The van der Waals surface area contributed by atoms with Crippen molar-refractivity contribution in [3.63, 3.8) is 0 Å². The second kappa shape index (κ2) is 6.01. The highest BCUT2D eigenvalue weighted by atomic mass is 17.2. The molecule has 0 saturated heterocycles. The maximum Gasteiger partial charge on any atom is 0.373 e. The Hall–Kier alpha value is -1.35. The first-order chi connectivity index (χ1) is 8.66. The average molecular weight is 247 g/mol. The third kappa shape index (κ3) is 3.33. The van der Waals surface area contributed by atoms with Crippen LogP contribution in [0.2, 0.25) is 0 Å². The van der Waals surface area contributed by atoms with Crippen LogP contribution in [0.3, 0.4) is 0 Å². The molecule has 1 aliphatic rings. The molecule has 0 spiro atoms. The lowest BCUT2D eigenvalue weighted by molar-refractivity contribution is -0.241. The SMILES string of the molecule is Cc1ccccc1C(=O)OO[C]1CCCC(C)C1. The van der Waals surface area contributed by atoms with Crippen LogP contribution in [0, 0.1) is 18.9 Å². The van der Waals surface area contributed by atoms with E-state index in [2.05, 4.69) is 6.92 Å². The monoisotopic (exact) mass is 247 g/mol. The van der Waals surface area contributed by atoms with Gasteiger partial charge < -0.3 is 0 Å². The predicted molar refractivity (Wildman–Crippen MR) is 68.6 cm³/mol. The molecule has 1 saturated carbocycles. The number of carbonyl (C=O) groups is 1. The molecule has 1 fully saturated rings. The van der Waals surface area contributed by atoms with Crippen molar-refractivity contribution in [3.05, 3.63) is 41.5 Å². The van der Waals surface area contributed by atoms with Crippen LogP contribution in [-0.2, 0) is 9.78 Å². The van der Waals surface area contributed by atoms with Crippen LogP contribution in [-0.4, -0.2) is 5.97 Å². The molecule has 0 aromatic heterocycles. The highest BCUT2D eigenvalue weighted by molar-refractivity contribution is 5.90. The van der Waals surface area contributed by atoms with Gasteiger partial charge >= 0.3 is 5.97 Å². The fraction of sp³-hybridized carbons (Fsp3) is 0.467. The Labute approximate surface area is 108 Å². The zero-order valence-corrected chi connectivity index (χ0v) is 10.9. The summed E-state index contributed by atoms with van der Waals surface area (Å²) in [7, 11) is 0. The number of aryl methyl sites for hydroxylation is 1. The highest BCUT2D eigenvalue weighted by Gasteiger charge is 2.23. The lowest BCUT2D eigenvalue weighted by atomic mass is 9.89. The van der Waals surface area contributed by atoms with E-state index in [-0.39, 0.29) is 0 Å². The molecule has 0 N–H and O–H groups in total. The maximum absolute atomic E-state index is 11.8. The molecule has 0 bridgehead atoms. The van der Waals surface area contributed by atoms with Crippen LogP contribution in [0.4, 0.5) is 0 Å². The summed E-state index contributed by atoms with van der Waals surface area (Å²) < 4.78 is 0. The Morgan fingerprint density at radius 1 is 1.33 bits per heavy atom. The second-order valence-corrected chi connectivity index (χ2v) is 5.01. The van der Waals surface area contributed by atoms with Crippen LogP contribution >= 0.6 is 0 Å². The van der Waals surface area contributed by atoms with Gasteiger partial charge in [-0.1, -0.05) is 38.0 Å². The predicted octanol–water partition coefficient (Wildman–Crippen LogP) is 3.83.